The third-order valence-electron chi connectivity index (χ3n) is 3.39. The standard InChI is InChI=1S/C17H18BrClN2O/c1-11-6-7-13(10-14(11)18)20-9-8-17(22)21-16-5-3-4-15(19)12(16)2/h3-7,10,20H,8-9H2,1-2H3,(H,21,22). The van der Waals surface area contributed by atoms with E-state index in [1.54, 1.807) is 0 Å². The normalized spacial score (nSPS) is 10.4. The van der Waals surface area contributed by atoms with E-state index < -0.39 is 0 Å². The molecule has 5 heteroatoms. The van der Waals surface area contributed by atoms with E-state index in [9.17, 15) is 4.79 Å². The number of rotatable bonds is 5. The fraction of sp³-hybridized carbons (Fsp3) is 0.235. The zero-order valence-corrected chi connectivity index (χ0v) is 14.9. The van der Waals surface area contributed by atoms with Gasteiger partial charge in [-0.05, 0) is 49.2 Å². The number of amides is 1. The highest BCUT2D eigenvalue weighted by molar-refractivity contribution is 9.10. The van der Waals surface area contributed by atoms with Gasteiger partial charge in [-0.15, -0.1) is 0 Å². The summed E-state index contributed by atoms with van der Waals surface area (Å²) in [6.45, 7) is 4.50. The Balaban J connectivity index is 1.85. The zero-order chi connectivity index (χ0) is 16.1. The predicted molar refractivity (Wildman–Crippen MR) is 96.8 cm³/mol. The van der Waals surface area contributed by atoms with Crippen LogP contribution in [0.1, 0.15) is 17.5 Å². The maximum absolute atomic E-state index is 12.0. The molecule has 0 heterocycles. The van der Waals surface area contributed by atoms with Crippen LogP contribution in [0.25, 0.3) is 0 Å². The Morgan fingerprint density at radius 2 is 2.00 bits per heavy atom. The molecule has 0 bridgehead atoms. The van der Waals surface area contributed by atoms with Crippen molar-refractivity contribution in [2.24, 2.45) is 0 Å². The lowest BCUT2D eigenvalue weighted by atomic mass is 10.2. The zero-order valence-electron chi connectivity index (χ0n) is 12.5. The van der Waals surface area contributed by atoms with Gasteiger partial charge in [0.25, 0.3) is 0 Å². The van der Waals surface area contributed by atoms with Gasteiger partial charge >= 0.3 is 0 Å². The molecular formula is C17H18BrClN2O. The first-order valence-electron chi connectivity index (χ1n) is 7.02. The summed E-state index contributed by atoms with van der Waals surface area (Å²) in [5.41, 5.74) is 3.81. The molecule has 0 unspecified atom stereocenters. The van der Waals surface area contributed by atoms with Crippen LogP contribution in [0.4, 0.5) is 11.4 Å². The van der Waals surface area contributed by atoms with Crippen molar-refractivity contribution >= 4 is 44.8 Å². The van der Waals surface area contributed by atoms with E-state index >= 15 is 0 Å². The maximum atomic E-state index is 12.0. The van der Waals surface area contributed by atoms with Gasteiger partial charge in [0.2, 0.25) is 5.91 Å². The third-order valence-corrected chi connectivity index (χ3v) is 4.66. The van der Waals surface area contributed by atoms with Crippen molar-refractivity contribution in [1.82, 2.24) is 0 Å². The van der Waals surface area contributed by atoms with Crippen molar-refractivity contribution in [3.63, 3.8) is 0 Å². The highest BCUT2D eigenvalue weighted by Crippen LogP contribution is 2.23. The van der Waals surface area contributed by atoms with Gasteiger partial charge < -0.3 is 10.6 Å². The number of anilines is 2. The van der Waals surface area contributed by atoms with E-state index in [4.69, 9.17) is 11.6 Å². The van der Waals surface area contributed by atoms with Gasteiger partial charge in [0, 0.05) is 33.8 Å². The molecular weight excluding hydrogens is 364 g/mol. The summed E-state index contributed by atoms with van der Waals surface area (Å²) < 4.78 is 1.05. The van der Waals surface area contributed by atoms with E-state index in [-0.39, 0.29) is 5.91 Å². The lowest BCUT2D eigenvalue weighted by Crippen LogP contribution is -2.16. The van der Waals surface area contributed by atoms with Crippen LogP contribution >= 0.6 is 27.5 Å². The Hall–Kier alpha value is -1.52. The summed E-state index contributed by atoms with van der Waals surface area (Å²) in [5, 5.41) is 6.78. The van der Waals surface area contributed by atoms with Crippen molar-refractivity contribution in [3.8, 4) is 0 Å². The van der Waals surface area contributed by atoms with Crippen LogP contribution in [-0.2, 0) is 4.79 Å². The predicted octanol–water partition coefficient (Wildman–Crippen LogP) is 5.16. The molecule has 2 N–H and O–H groups in total. The Morgan fingerprint density at radius 3 is 2.73 bits per heavy atom. The van der Waals surface area contributed by atoms with Gasteiger partial charge in [0.15, 0.2) is 0 Å². The first-order chi connectivity index (χ1) is 10.5. The molecule has 0 aromatic heterocycles. The molecule has 2 aromatic carbocycles. The first kappa shape index (κ1) is 16.8. The summed E-state index contributed by atoms with van der Waals surface area (Å²) in [4.78, 5) is 12.0. The number of nitrogens with one attached hydrogen (secondary N) is 2. The van der Waals surface area contributed by atoms with Crippen LogP contribution in [0.5, 0.6) is 0 Å². The number of carbonyl (C=O) groups is 1. The van der Waals surface area contributed by atoms with Gasteiger partial charge in [-0.3, -0.25) is 4.79 Å². The molecule has 2 aromatic rings. The van der Waals surface area contributed by atoms with E-state index in [0.29, 0.717) is 18.0 Å². The highest BCUT2D eigenvalue weighted by Gasteiger charge is 2.06. The van der Waals surface area contributed by atoms with Crippen LogP contribution in [0.2, 0.25) is 5.02 Å². The van der Waals surface area contributed by atoms with Gasteiger partial charge in [-0.2, -0.15) is 0 Å². The van der Waals surface area contributed by atoms with Crippen molar-refractivity contribution in [2.75, 3.05) is 17.2 Å². The topological polar surface area (TPSA) is 41.1 Å². The van der Waals surface area contributed by atoms with Crippen molar-refractivity contribution in [2.45, 2.75) is 20.3 Å². The van der Waals surface area contributed by atoms with Gasteiger partial charge in [0.1, 0.15) is 0 Å². The number of halogens is 2. The Morgan fingerprint density at radius 1 is 1.23 bits per heavy atom. The monoisotopic (exact) mass is 380 g/mol. The van der Waals surface area contributed by atoms with Gasteiger partial charge in [-0.25, -0.2) is 0 Å². The molecule has 0 atom stereocenters. The Kier molecular flexibility index (Phi) is 5.86. The van der Waals surface area contributed by atoms with Crippen LogP contribution in [0.3, 0.4) is 0 Å². The average molecular weight is 382 g/mol. The van der Waals surface area contributed by atoms with Gasteiger partial charge in [0.05, 0.1) is 0 Å². The molecule has 1 amide bonds. The van der Waals surface area contributed by atoms with E-state index in [1.807, 2.05) is 50.2 Å². The fourth-order valence-electron chi connectivity index (χ4n) is 1.98. The second-order valence-electron chi connectivity index (χ2n) is 5.10. The molecule has 3 nitrogen and oxygen atoms in total. The molecule has 0 saturated heterocycles. The number of carbonyl (C=O) groups excluding carboxylic acids is 1. The minimum atomic E-state index is -0.0379. The first-order valence-corrected chi connectivity index (χ1v) is 8.19. The number of hydrogen-bond acceptors (Lipinski definition) is 2. The van der Waals surface area contributed by atoms with Crippen LogP contribution in [0.15, 0.2) is 40.9 Å². The summed E-state index contributed by atoms with van der Waals surface area (Å²) in [6.07, 6.45) is 0.386. The second kappa shape index (κ2) is 7.65. The Labute approximate surface area is 144 Å². The molecule has 0 aliphatic carbocycles. The van der Waals surface area contributed by atoms with Gasteiger partial charge in [-0.1, -0.05) is 39.7 Å². The molecule has 0 fully saturated rings. The second-order valence-corrected chi connectivity index (χ2v) is 6.36. The van der Waals surface area contributed by atoms with E-state index in [0.717, 1.165) is 21.4 Å². The summed E-state index contributed by atoms with van der Waals surface area (Å²) >= 11 is 9.54. The smallest absolute Gasteiger partial charge is 0.226 e. The SMILES string of the molecule is Cc1ccc(NCCC(=O)Nc2cccc(Cl)c2C)cc1Br. The largest absolute Gasteiger partial charge is 0.384 e. The quantitative estimate of drug-likeness (QED) is 0.751. The molecule has 116 valence electrons. The molecule has 0 aliphatic rings. The van der Waals surface area contributed by atoms with Crippen LogP contribution < -0.4 is 10.6 Å². The van der Waals surface area contributed by atoms with E-state index in [2.05, 4.69) is 26.6 Å². The van der Waals surface area contributed by atoms with E-state index in [1.165, 1.54) is 5.56 Å². The van der Waals surface area contributed by atoms with Crippen molar-refractivity contribution in [1.29, 1.82) is 0 Å². The minimum Gasteiger partial charge on any atom is -0.384 e. The molecule has 0 saturated carbocycles. The molecule has 0 spiro atoms. The maximum Gasteiger partial charge on any atom is 0.226 e. The summed E-state index contributed by atoms with van der Waals surface area (Å²) in [5.74, 6) is -0.0379. The van der Waals surface area contributed by atoms with Crippen LogP contribution in [0, 0.1) is 13.8 Å². The van der Waals surface area contributed by atoms with Crippen LogP contribution in [-0.4, -0.2) is 12.5 Å². The number of aryl methyl sites for hydroxylation is 1. The molecule has 0 radical (unpaired) electrons. The third kappa shape index (κ3) is 4.49. The lowest BCUT2D eigenvalue weighted by molar-refractivity contribution is -0.115. The summed E-state index contributed by atoms with van der Waals surface area (Å²) in [6, 6.07) is 11.5. The molecule has 2 rings (SSSR count). The fourth-order valence-corrected chi connectivity index (χ4v) is 2.53. The minimum absolute atomic E-state index is 0.0379. The lowest BCUT2D eigenvalue weighted by Gasteiger charge is -2.11. The number of benzene rings is 2. The van der Waals surface area contributed by atoms with Crippen molar-refractivity contribution < 1.29 is 4.79 Å². The van der Waals surface area contributed by atoms with Crippen molar-refractivity contribution in [3.05, 3.63) is 57.0 Å². The Bertz CT molecular complexity index is 688. The highest BCUT2D eigenvalue weighted by atomic mass is 79.9. The average Bonchev–Trinajstić information content (AvgIpc) is 2.48. The summed E-state index contributed by atoms with van der Waals surface area (Å²) in [7, 11) is 0. The molecule has 0 aliphatic heterocycles. The molecule has 22 heavy (non-hydrogen) atoms. The number of hydrogen-bond donors (Lipinski definition) is 2.